The number of hydrogen-bond acceptors (Lipinski definition) is 6. The minimum absolute atomic E-state index is 0.129. The van der Waals surface area contributed by atoms with E-state index in [9.17, 15) is 9.59 Å². The monoisotopic (exact) mass is 246 g/mol. The summed E-state index contributed by atoms with van der Waals surface area (Å²) in [6.45, 7) is 6.16. The fourth-order valence-corrected chi connectivity index (χ4v) is 1.05. The number of carbonyl (C=O) groups is 2. The minimum Gasteiger partial charge on any atom is -0.463 e. The van der Waals surface area contributed by atoms with Crippen LogP contribution in [0.1, 0.15) is 20.8 Å². The maximum atomic E-state index is 11.4. The predicted octanol–water partition coefficient (Wildman–Crippen LogP) is -0.238. The van der Waals surface area contributed by atoms with E-state index < -0.39 is 11.6 Å². The molecule has 0 saturated carbocycles. The molecule has 0 atom stereocenters. The van der Waals surface area contributed by atoms with Gasteiger partial charge in [-0.3, -0.25) is 14.5 Å². The SMILES string of the molecule is CN(CCOC(=O)CN)CC(=O)OC(C)(C)C. The topological polar surface area (TPSA) is 81.9 Å². The van der Waals surface area contributed by atoms with Gasteiger partial charge in [0.1, 0.15) is 12.2 Å². The zero-order chi connectivity index (χ0) is 13.5. The summed E-state index contributed by atoms with van der Waals surface area (Å²) in [5, 5.41) is 0. The van der Waals surface area contributed by atoms with Crippen LogP contribution < -0.4 is 5.73 Å². The Bertz CT molecular complexity index is 261. The predicted molar refractivity (Wildman–Crippen MR) is 63.4 cm³/mol. The molecule has 0 saturated heterocycles. The summed E-state index contributed by atoms with van der Waals surface area (Å²) in [4.78, 5) is 23.9. The Kier molecular flexibility index (Phi) is 6.75. The van der Waals surface area contributed by atoms with E-state index in [1.54, 1.807) is 11.9 Å². The molecule has 0 amide bonds. The third-order valence-electron chi connectivity index (χ3n) is 1.72. The van der Waals surface area contributed by atoms with Gasteiger partial charge in [0, 0.05) is 6.54 Å². The Labute approximate surface area is 102 Å². The Morgan fingerprint density at radius 3 is 2.29 bits per heavy atom. The fourth-order valence-electron chi connectivity index (χ4n) is 1.05. The molecule has 6 heteroatoms. The Hall–Kier alpha value is -1.14. The van der Waals surface area contributed by atoms with Gasteiger partial charge in [-0.25, -0.2) is 0 Å². The molecule has 0 heterocycles. The first-order valence-corrected chi connectivity index (χ1v) is 5.50. The van der Waals surface area contributed by atoms with E-state index in [-0.39, 0.29) is 25.7 Å². The van der Waals surface area contributed by atoms with Gasteiger partial charge in [-0.1, -0.05) is 0 Å². The molecule has 6 nitrogen and oxygen atoms in total. The number of likely N-dealkylation sites (N-methyl/N-ethyl adjacent to an activating group) is 1. The van der Waals surface area contributed by atoms with Crippen LogP contribution in [0.4, 0.5) is 0 Å². The first-order chi connectivity index (χ1) is 7.74. The van der Waals surface area contributed by atoms with Crippen LogP contribution in [0, 0.1) is 0 Å². The van der Waals surface area contributed by atoms with Crippen molar-refractivity contribution in [2.45, 2.75) is 26.4 Å². The highest BCUT2D eigenvalue weighted by molar-refractivity contribution is 5.72. The zero-order valence-electron chi connectivity index (χ0n) is 11.0. The number of esters is 2. The standard InChI is InChI=1S/C11H22N2O4/c1-11(2,3)17-10(15)8-13(4)5-6-16-9(14)7-12/h5-8,12H2,1-4H3. The van der Waals surface area contributed by atoms with E-state index in [0.717, 1.165) is 0 Å². The van der Waals surface area contributed by atoms with Crippen molar-refractivity contribution in [3.8, 4) is 0 Å². The summed E-state index contributed by atoms with van der Waals surface area (Å²) in [7, 11) is 1.75. The summed E-state index contributed by atoms with van der Waals surface area (Å²) in [5.41, 5.74) is 4.59. The maximum Gasteiger partial charge on any atom is 0.320 e. The first kappa shape index (κ1) is 15.9. The molecule has 0 unspecified atom stereocenters. The molecule has 0 aromatic rings. The number of rotatable bonds is 6. The van der Waals surface area contributed by atoms with Crippen molar-refractivity contribution in [2.24, 2.45) is 5.73 Å². The van der Waals surface area contributed by atoms with Gasteiger partial charge in [0.2, 0.25) is 0 Å². The number of ether oxygens (including phenoxy) is 2. The fraction of sp³-hybridized carbons (Fsp3) is 0.818. The van der Waals surface area contributed by atoms with Gasteiger partial charge >= 0.3 is 11.9 Å². The van der Waals surface area contributed by atoms with E-state index in [1.807, 2.05) is 20.8 Å². The van der Waals surface area contributed by atoms with Crippen LogP contribution >= 0.6 is 0 Å². The van der Waals surface area contributed by atoms with Crippen molar-refractivity contribution < 1.29 is 19.1 Å². The quantitative estimate of drug-likeness (QED) is 0.651. The van der Waals surface area contributed by atoms with Crippen LogP contribution in [0.25, 0.3) is 0 Å². The van der Waals surface area contributed by atoms with Crippen LogP contribution in [0.2, 0.25) is 0 Å². The first-order valence-electron chi connectivity index (χ1n) is 5.50. The molecule has 0 rings (SSSR count). The van der Waals surface area contributed by atoms with Crippen LogP contribution in [0.3, 0.4) is 0 Å². The lowest BCUT2D eigenvalue weighted by Crippen LogP contribution is -2.34. The molecular formula is C11H22N2O4. The molecule has 0 aliphatic heterocycles. The second-order valence-corrected chi connectivity index (χ2v) is 4.75. The molecule has 0 aromatic heterocycles. The summed E-state index contributed by atoms with van der Waals surface area (Å²) in [6, 6.07) is 0. The maximum absolute atomic E-state index is 11.4. The van der Waals surface area contributed by atoms with E-state index in [1.165, 1.54) is 0 Å². The van der Waals surface area contributed by atoms with Crippen molar-refractivity contribution >= 4 is 11.9 Å². The second kappa shape index (κ2) is 7.24. The van der Waals surface area contributed by atoms with Gasteiger partial charge in [-0.05, 0) is 27.8 Å². The summed E-state index contributed by atoms with van der Waals surface area (Å²) in [5.74, 6) is -0.749. The van der Waals surface area contributed by atoms with Crippen molar-refractivity contribution in [1.82, 2.24) is 4.90 Å². The van der Waals surface area contributed by atoms with Gasteiger partial charge < -0.3 is 15.2 Å². The molecule has 0 aromatic carbocycles. The lowest BCUT2D eigenvalue weighted by molar-refractivity contribution is -0.155. The number of nitrogens with two attached hydrogens (primary N) is 1. The van der Waals surface area contributed by atoms with E-state index in [4.69, 9.17) is 15.2 Å². The van der Waals surface area contributed by atoms with Crippen molar-refractivity contribution in [2.75, 3.05) is 33.3 Å². The Morgan fingerprint density at radius 2 is 1.82 bits per heavy atom. The highest BCUT2D eigenvalue weighted by atomic mass is 16.6. The van der Waals surface area contributed by atoms with E-state index in [2.05, 4.69) is 0 Å². The van der Waals surface area contributed by atoms with E-state index in [0.29, 0.717) is 6.54 Å². The molecule has 2 N–H and O–H groups in total. The second-order valence-electron chi connectivity index (χ2n) is 4.75. The third kappa shape index (κ3) is 9.77. The average molecular weight is 246 g/mol. The molecule has 0 spiro atoms. The summed E-state index contributed by atoms with van der Waals surface area (Å²) in [6.07, 6.45) is 0. The third-order valence-corrected chi connectivity index (χ3v) is 1.72. The molecule has 0 bridgehead atoms. The van der Waals surface area contributed by atoms with Gasteiger partial charge in [0.15, 0.2) is 0 Å². The van der Waals surface area contributed by atoms with E-state index >= 15 is 0 Å². The zero-order valence-corrected chi connectivity index (χ0v) is 11.0. The highest BCUT2D eigenvalue weighted by Gasteiger charge is 2.17. The molecule has 0 fully saturated rings. The molecule has 0 radical (unpaired) electrons. The number of carbonyl (C=O) groups excluding carboxylic acids is 2. The summed E-state index contributed by atoms with van der Waals surface area (Å²) < 4.78 is 9.94. The van der Waals surface area contributed by atoms with Crippen molar-refractivity contribution in [3.63, 3.8) is 0 Å². The van der Waals surface area contributed by atoms with Gasteiger partial charge in [0.25, 0.3) is 0 Å². The molecule has 100 valence electrons. The van der Waals surface area contributed by atoms with Gasteiger partial charge in [-0.2, -0.15) is 0 Å². The number of nitrogens with zero attached hydrogens (tertiary/aromatic N) is 1. The van der Waals surface area contributed by atoms with Crippen LogP contribution in [-0.2, 0) is 19.1 Å². The normalized spacial score (nSPS) is 11.4. The smallest absolute Gasteiger partial charge is 0.320 e. The average Bonchev–Trinajstić information content (AvgIpc) is 2.13. The minimum atomic E-state index is -0.482. The largest absolute Gasteiger partial charge is 0.463 e. The van der Waals surface area contributed by atoms with Crippen LogP contribution in [-0.4, -0.2) is 55.7 Å². The highest BCUT2D eigenvalue weighted by Crippen LogP contribution is 2.06. The molecular weight excluding hydrogens is 224 g/mol. The van der Waals surface area contributed by atoms with Crippen LogP contribution in [0.5, 0.6) is 0 Å². The molecule has 0 aliphatic carbocycles. The lowest BCUT2D eigenvalue weighted by atomic mass is 10.2. The van der Waals surface area contributed by atoms with Gasteiger partial charge in [-0.15, -0.1) is 0 Å². The van der Waals surface area contributed by atoms with Crippen molar-refractivity contribution in [1.29, 1.82) is 0 Å². The van der Waals surface area contributed by atoms with Gasteiger partial charge in [0.05, 0.1) is 13.1 Å². The number of hydrogen-bond donors (Lipinski definition) is 1. The lowest BCUT2D eigenvalue weighted by Gasteiger charge is -2.22. The Balaban J connectivity index is 3.75. The van der Waals surface area contributed by atoms with Crippen molar-refractivity contribution in [3.05, 3.63) is 0 Å². The Morgan fingerprint density at radius 1 is 1.24 bits per heavy atom. The molecule has 0 aliphatic rings. The van der Waals surface area contributed by atoms with Crippen LogP contribution in [0.15, 0.2) is 0 Å². The summed E-state index contributed by atoms with van der Waals surface area (Å²) >= 11 is 0. The molecule has 17 heavy (non-hydrogen) atoms.